The molecule has 1 aliphatic rings. The smallest absolute Gasteiger partial charge is 0.239 e. The van der Waals surface area contributed by atoms with Crippen LogP contribution in [0, 0.1) is 0 Å². The van der Waals surface area contributed by atoms with Crippen LogP contribution in [0.3, 0.4) is 0 Å². The zero-order valence-electron chi connectivity index (χ0n) is 11.1. The van der Waals surface area contributed by atoms with E-state index < -0.39 is 0 Å². The highest BCUT2D eigenvalue weighted by Gasteiger charge is 2.12. The zero-order valence-corrected chi connectivity index (χ0v) is 11.1. The fourth-order valence-corrected chi connectivity index (χ4v) is 2.45. The maximum absolute atomic E-state index is 11.6. The summed E-state index contributed by atoms with van der Waals surface area (Å²) in [6, 6.07) is 6.37. The second-order valence-corrected chi connectivity index (χ2v) is 4.85. The highest BCUT2D eigenvalue weighted by molar-refractivity contribution is 5.81. The maximum Gasteiger partial charge on any atom is 0.239 e. The first-order valence-electron chi connectivity index (χ1n) is 6.92. The molecular weight excluding hydrogens is 224 g/mol. The van der Waals surface area contributed by atoms with Gasteiger partial charge in [0, 0.05) is 12.2 Å². The van der Waals surface area contributed by atoms with E-state index in [-0.39, 0.29) is 5.91 Å². The van der Waals surface area contributed by atoms with Crippen molar-refractivity contribution in [2.75, 3.05) is 18.4 Å². The van der Waals surface area contributed by atoms with Crippen LogP contribution in [0.15, 0.2) is 18.2 Å². The lowest BCUT2D eigenvalue weighted by Crippen LogP contribution is -2.30. The molecule has 0 bridgehead atoms. The molecule has 0 spiro atoms. The molecule has 1 aromatic rings. The van der Waals surface area contributed by atoms with Gasteiger partial charge in [0.2, 0.25) is 5.91 Å². The molecule has 2 rings (SSSR count). The standard InChI is InChI=1S/C15H22N2O/c1-2-10-16-15(18)11-17-14-9-5-7-12-6-3-4-8-13(12)14/h5,7,9,17H,2-4,6,8,10-11H2,1H3,(H,16,18). The molecule has 0 saturated heterocycles. The number of carbonyl (C=O) groups is 1. The van der Waals surface area contributed by atoms with E-state index in [0.717, 1.165) is 25.1 Å². The SMILES string of the molecule is CCCNC(=O)CNc1cccc2c1CCCC2. The van der Waals surface area contributed by atoms with Crippen molar-refractivity contribution in [2.24, 2.45) is 0 Å². The number of amides is 1. The summed E-state index contributed by atoms with van der Waals surface area (Å²) >= 11 is 0. The summed E-state index contributed by atoms with van der Waals surface area (Å²) in [5.74, 6) is 0.0743. The van der Waals surface area contributed by atoms with Crippen molar-refractivity contribution in [1.29, 1.82) is 0 Å². The molecule has 0 atom stereocenters. The van der Waals surface area contributed by atoms with Gasteiger partial charge in [-0.3, -0.25) is 4.79 Å². The van der Waals surface area contributed by atoms with Gasteiger partial charge in [-0.1, -0.05) is 19.1 Å². The van der Waals surface area contributed by atoms with Crippen LogP contribution in [0.5, 0.6) is 0 Å². The third-order valence-electron chi connectivity index (χ3n) is 3.41. The first-order chi connectivity index (χ1) is 8.81. The molecule has 0 saturated carbocycles. The van der Waals surface area contributed by atoms with Gasteiger partial charge in [-0.05, 0) is 49.3 Å². The van der Waals surface area contributed by atoms with Crippen LogP contribution in [0.25, 0.3) is 0 Å². The number of rotatable bonds is 5. The molecular formula is C15H22N2O. The molecule has 3 heteroatoms. The molecule has 1 amide bonds. The summed E-state index contributed by atoms with van der Waals surface area (Å²) in [5.41, 5.74) is 3.99. The lowest BCUT2D eigenvalue weighted by molar-refractivity contribution is -0.119. The normalized spacial score (nSPS) is 13.8. The van der Waals surface area contributed by atoms with Gasteiger partial charge in [-0.15, -0.1) is 0 Å². The second kappa shape index (κ2) is 6.43. The predicted octanol–water partition coefficient (Wildman–Crippen LogP) is 2.50. The summed E-state index contributed by atoms with van der Waals surface area (Å²) in [6.07, 6.45) is 5.83. The van der Waals surface area contributed by atoms with Crippen molar-refractivity contribution in [3.8, 4) is 0 Å². The number of fused-ring (bicyclic) bond motifs is 1. The van der Waals surface area contributed by atoms with Crippen LogP contribution in [-0.4, -0.2) is 19.0 Å². The summed E-state index contributed by atoms with van der Waals surface area (Å²) in [5, 5.41) is 6.15. The lowest BCUT2D eigenvalue weighted by Gasteiger charge is -2.20. The van der Waals surface area contributed by atoms with E-state index in [1.54, 1.807) is 0 Å². The summed E-state index contributed by atoms with van der Waals surface area (Å²) in [6.45, 7) is 3.19. The van der Waals surface area contributed by atoms with E-state index in [2.05, 4.69) is 35.8 Å². The van der Waals surface area contributed by atoms with E-state index in [1.807, 2.05) is 0 Å². The molecule has 2 N–H and O–H groups in total. The molecule has 3 nitrogen and oxygen atoms in total. The third-order valence-corrected chi connectivity index (χ3v) is 3.41. The van der Waals surface area contributed by atoms with Gasteiger partial charge in [0.1, 0.15) is 0 Å². The summed E-state index contributed by atoms with van der Waals surface area (Å²) < 4.78 is 0. The Bertz CT molecular complexity index is 415. The minimum atomic E-state index is 0.0743. The van der Waals surface area contributed by atoms with Crippen LogP contribution in [-0.2, 0) is 17.6 Å². The Morgan fingerprint density at radius 1 is 1.28 bits per heavy atom. The Hall–Kier alpha value is -1.51. The zero-order chi connectivity index (χ0) is 12.8. The minimum Gasteiger partial charge on any atom is -0.376 e. The van der Waals surface area contributed by atoms with Gasteiger partial charge in [0.05, 0.1) is 6.54 Å². The van der Waals surface area contributed by atoms with Crippen molar-refractivity contribution in [1.82, 2.24) is 5.32 Å². The van der Waals surface area contributed by atoms with Gasteiger partial charge in [-0.2, -0.15) is 0 Å². The Morgan fingerprint density at radius 2 is 2.11 bits per heavy atom. The monoisotopic (exact) mass is 246 g/mol. The molecule has 0 aliphatic heterocycles. The second-order valence-electron chi connectivity index (χ2n) is 4.85. The van der Waals surface area contributed by atoms with Gasteiger partial charge in [0.15, 0.2) is 0 Å². The first kappa shape index (κ1) is 12.9. The maximum atomic E-state index is 11.6. The number of anilines is 1. The minimum absolute atomic E-state index is 0.0743. The average molecular weight is 246 g/mol. The quantitative estimate of drug-likeness (QED) is 0.838. The van der Waals surface area contributed by atoms with Gasteiger partial charge < -0.3 is 10.6 Å². The molecule has 18 heavy (non-hydrogen) atoms. The number of hydrogen-bond acceptors (Lipinski definition) is 2. The molecule has 0 radical (unpaired) electrons. The summed E-state index contributed by atoms with van der Waals surface area (Å²) in [7, 11) is 0. The van der Waals surface area contributed by atoms with E-state index in [0.29, 0.717) is 6.54 Å². The van der Waals surface area contributed by atoms with Gasteiger partial charge >= 0.3 is 0 Å². The highest BCUT2D eigenvalue weighted by atomic mass is 16.1. The van der Waals surface area contributed by atoms with Crippen LogP contribution < -0.4 is 10.6 Å². The van der Waals surface area contributed by atoms with Gasteiger partial charge in [0.25, 0.3) is 0 Å². The van der Waals surface area contributed by atoms with Crippen LogP contribution in [0.1, 0.15) is 37.3 Å². The largest absolute Gasteiger partial charge is 0.376 e. The number of carbonyl (C=O) groups excluding carboxylic acids is 1. The Kier molecular flexibility index (Phi) is 4.62. The molecule has 0 fully saturated rings. The number of benzene rings is 1. The third kappa shape index (κ3) is 3.25. The molecule has 0 heterocycles. The Morgan fingerprint density at radius 3 is 2.94 bits per heavy atom. The Balaban J connectivity index is 1.95. The topological polar surface area (TPSA) is 41.1 Å². The fraction of sp³-hybridized carbons (Fsp3) is 0.533. The molecule has 0 aromatic heterocycles. The van der Waals surface area contributed by atoms with E-state index in [4.69, 9.17) is 0 Å². The molecule has 1 aliphatic carbocycles. The summed E-state index contributed by atoms with van der Waals surface area (Å²) in [4.78, 5) is 11.6. The number of hydrogen-bond donors (Lipinski definition) is 2. The van der Waals surface area contributed by atoms with Crippen LogP contribution in [0.4, 0.5) is 5.69 Å². The van der Waals surface area contributed by atoms with Gasteiger partial charge in [-0.25, -0.2) is 0 Å². The van der Waals surface area contributed by atoms with Crippen LogP contribution in [0.2, 0.25) is 0 Å². The van der Waals surface area contributed by atoms with E-state index in [1.165, 1.54) is 30.4 Å². The van der Waals surface area contributed by atoms with E-state index in [9.17, 15) is 4.79 Å². The number of nitrogens with one attached hydrogen (secondary N) is 2. The molecule has 98 valence electrons. The number of aryl methyl sites for hydroxylation is 1. The fourth-order valence-electron chi connectivity index (χ4n) is 2.45. The van der Waals surface area contributed by atoms with Crippen molar-refractivity contribution >= 4 is 11.6 Å². The highest BCUT2D eigenvalue weighted by Crippen LogP contribution is 2.27. The van der Waals surface area contributed by atoms with Crippen molar-refractivity contribution in [3.63, 3.8) is 0 Å². The predicted molar refractivity (Wildman–Crippen MR) is 74.9 cm³/mol. The lowest BCUT2D eigenvalue weighted by atomic mass is 9.90. The van der Waals surface area contributed by atoms with Crippen molar-refractivity contribution in [3.05, 3.63) is 29.3 Å². The Labute approximate surface area is 109 Å². The van der Waals surface area contributed by atoms with Crippen LogP contribution >= 0.6 is 0 Å². The first-order valence-corrected chi connectivity index (χ1v) is 6.92. The molecule has 0 unspecified atom stereocenters. The average Bonchev–Trinajstić information content (AvgIpc) is 2.42. The van der Waals surface area contributed by atoms with Crippen molar-refractivity contribution < 1.29 is 4.79 Å². The van der Waals surface area contributed by atoms with E-state index >= 15 is 0 Å². The molecule has 1 aromatic carbocycles. The van der Waals surface area contributed by atoms with Crippen molar-refractivity contribution in [2.45, 2.75) is 39.0 Å².